The summed E-state index contributed by atoms with van der Waals surface area (Å²) in [5.74, 6) is 0. The molecule has 2 aliphatic rings. The summed E-state index contributed by atoms with van der Waals surface area (Å²) in [5.41, 5.74) is 17.9. The Labute approximate surface area is 384 Å². The van der Waals surface area contributed by atoms with Gasteiger partial charge in [0.15, 0.2) is 0 Å². The molecule has 12 aromatic carbocycles. The highest BCUT2D eigenvalue weighted by Gasteiger charge is 2.49. The van der Waals surface area contributed by atoms with Crippen LogP contribution in [0, 0.1) is 0 Å². The first-order valence-corrected chi connectivity index (χ1v) is 23.0. The van der Waals surface area contributed by atoms with Crippen LogP contribution in [-0.4, -0.2) is 0 Å². The fraction of sp³-hybridized carbons (Fsp3) is 0.0154. The van der Waals surface area contributed by atoms with Gasteiger partial charge in [-0.2, -0.15) is 0 Å². The first kappa shape index (κ1) is 36.9. The molecule has 1 nitrogen and oxygen atoms in total. The van der Waals surface area contributed by atoms with Crippen LogP contribution in [0.15, 0.2) is 249 Å². The molecule has 66 heavy (non-hydrogen) atoms. The predicted molar refractivity (Wildman–Crippen MR) is 278 cm³/mol. The van der Waals surface area contributed by atoms with Crippen LogP contribution in [0.5, 0.6) is 0 Å². The van der Waals surface area contributed by atoms with E-state index >= 15 is 0 Å². The summed E-state index contributed by atoms with van der Waals surface area (Å²) in [6.07, 6.45) is 0. The van der Waals surface area contributed by atoms with E-state index in [0.29, 0.717) is 0 Å². The summed E-state index contributed by atoms with van der Waals surface area (Å²) in [7, 11) is 0. The van der Waals surface area contributed by atoms with Crippen molar-refractivity contribution in [1.29, 1.82) is 0 Å². The Balaban J connectivity index is 1.14. The number of anilines is 3. The van der Waals surface area contributed by atoms with Gasteiger partial charge in [-0.05, 0) is 141 Å². The Morgan fingerprint density at radius 1 is 0.258 bits per heavy atom. The molecule has 0 saturated carbocycles. The summed E-state index contributed by atoms with van der Waals surface area (Å²) in [6, 6.07) is 93.2. The van der Waals surface area contributed by atoms with Crippen molar-refractivity contribution in [3.05, 3.63) is 271 Å². The molecule has 306 valence electrons. The third kappa shape index (κ3) is 5.23. The van der Waals surface area contributed by atoms with Crippen LogP contribution in [0.3, 0.4) is 0 Å². The molecule has 1 spiro atoms. The Morgan fingerprint density at radius 2 is 0.758 bits per heavy atom. The number of hydrogen-bond donors (Lipinski definition) is 0. The highest BCUT2D eigenvalue weighted by Crippen LogP contribution is 2.62. The summed E-state index contributed by atoms with van der Waals surface area (Å²) in [4.78, 5) is 2.52. The average molecular weight is 836 g/mol. The smallest absolute Gasteiger partial charge is 0.0726 e. The molecule has 2 aliphatic carbocycles. The van der Waals surface area contributed by atoms with E-state index in [2.05, 4.69) is 254 Å². The van der Waals surface area contributed by atoms with Gasteiger partial charge in [-0.3, -0.25) is 0 Å². The third-order valence-corrected chi connectivity index (χ3v) is 14.6. The van der Waals surface area contributed by atoms with Crippen LogP contribution in [0.25, 0.3) is 87.6 Å². The number of rotatable bonds is 5. The first-order chi connectivity index (χ1) is 32.7. The zero-order chi connectivity index (χ0) is 43.3. The molecule has 0 saturated heterocycles. The topological polar surface area (TPSA) is 3.24 Å². The Bertz CT molecular complexity index is 3940. The van der Waals surface area contributed by atoms with Gasteiger partial charge in [0, 0.05) is 16.9 Å². The van der Waals surface area contributed by atoms with E-state index in [-0.39, 0.29) is 0 Å². The normalized spacial score (nSPS) is 14.4. The van der Waals surface area contributed by atoms with Gasteiger partial charge in [-0.1, -0.05) is 212 Å². The minimum atomic E-state index is -0.654. The largest absolute Gasteiger partial charge is 0.310 e. The lowest BCUT2D eigenvalue weighted by molar-refractivity contribution is 0.754. The lowest BCUT2D eigenvalue weighted by Gasteiger charge is -2.46. The lowest BCUT2D eigenvalue weighted by atomic mass is 9.55. The minimum absolute atomic E-state index is 0.654. The van der Waals surface area contributed by atoms with E-state index in [1.54, 1.807) is 0 Å². The highest BCUT2D eigenvalue weighted by atomic mass is 15.1. The summed E-state index contributed by atoms with van der Waals surface area (Å²) < 4.78 is 0. The van der Waals surface area contributed by atoms with Crippen LogP contribution in [0.4, 0.5) is 17.1 Å². The molecule has 0 aliphatic heterocycles. The van der Waals surface area contributed by atoms with Crippen molar-refractivity contribution in [3.8, 4) is 44.5 Å². The van der Waals surface area contributed by atoms with Gasteiger partial charge in [-0.15, -0.1) is 0 Å². The molecule has 0 N–H and O–H groups in total. The molecule has 0 fully saturated rings. The van der Waals surface area contributed by atoms with Crippen LogP contribution in [0.2, 0.25) is 0 Å². The van der Waals surface area contributed by atoms with Crippen molar-refractivity contribution in [2.45, 2.75) is 5.41 Å². The molecular weight excluding hydrogens is 795 g/mol. The molecule has 12 aromatic rings. The maximum atomic E-state index is 2.55. The Hall–Kier alpha value is -8.52. The molecule has 0 heterocycles. The molecular formula is C65H41N. The summed E-state index contributed by atoms with van der Waals surface area (Å²) in [6.45, 7) is 0. The predicted octanol–water partition coefficient (Wildman–Crippen LogP) is 17.4. The molecule has 0 bridgehead atoms. The van der Waals surface area contributed by atoms with Crippen LogP contribution >= 0.6 is 0 Å². The number of fused-ring (bicyclic) bond motifs is 10. The van der Waals surface area contributed by atoms with Gasteiger partial charge in [0.05, 0.1) is 11.1 Å². The van der Waals surface area contributed by atoms with Crippen molar-refractivity contribution in [2.24, 2.45) is 0 Å². The van der Waals surface area contributed by atoms with Gasteiger partial charge in [-0.25, -0.2) is 0 Å². The van der Waals surface area contributed by atoms with Gasteiger partial charge in [0.1, 0.15) is 0 Å². The molecule has 14 rings (SSSR count). The molecule has 0 radical (unpaired) electrons. The Kier molecular flexibility index (Phi) is 7.97. The molecule has 1 unspecified atom stereocenters. The van der Waals surface area contributed by atoms with Gasteiger partial charge in [0.2, 0.25) is 0 Å². The van der Waals surface area contributed by atoms with E-state index in [9.17, 15) is 0 Å². The van der Waals surface area contributed by atoms with Crippen LogP contribution in [-0.2, 0) is 5.41 Å². The van der Waals surface area contributed by atoms with Crippen molar-refractivity contribution < 1.29 is 0 Å². The summed E-state index contributed by atoms with van der Waals surface area (Å²) >= 11 is 0. The quantitative estimate of drug-likeness (QED) is 0.167. The van der Waals surface area contributed by atoms with Crippen molar-refractivity contribution in [2.75, 3.05) is 4.90 Å². The molecule has 0 aromatic heterocycles. The standard InChI is InChI=1S/C65H41N/c1-3-17-43(18-4-1)51-36-37-56-53-35-34-50(66(49-33-32-42-16-7-8-21-46(42)38-49)62-40-48-23-10-9-22-47(48)39-57(62)44-19-5-2-6-20-44)41-61(53)65(60-31-15-28-54(51)64(56)60)58-29-12-11-26-52(58)55-27-13-24-45-25-14-30-59(65)63(45)55/h1-41H. The SMILES string of the molecule is c1ccc(-c2cc3ccccc3cc2N(c2ccc3c(c2)C2(c4ccccc4-c4cccc5cccc2c45)c2cccc4c(-c5ccccc5)ccc-3c24)c2ccc3ccccc3c2)cc1. The van der Waals surface area contributed by atoms with E-state index in [4.69, 9.17) is 0 Å². The zero-order valence-corrected chi connectivity index (χ0v) is 36.1. The number of hydrogen-bond acceptors (Lipinski definition) is 1. The van der Waals surface area contributed by atoms with Crippen LogP contribution < -0.4 is 4.90 Å². The Morgan fingerprint density at radius 3 is 1.55 bits per heavy atom. The minimum Gasteiger partial charge on any atom is -0.310 e. The number of nitrogens with zero attached hydrogens (tertiary/aromatic N) is 1. The van der Waals surface area contributed by atoms with E-state index in [0.717, 1.165) is 17.1 Å². The second-order valence-electron chi connectivity index (χ2n) is 17.9. The maximum absolute atomic E-state index is 2.55. The fourth-order valence-corrected chi connectivity index (χ4v) is 11.8. The van der Waals surface area contributed by atoms with Crippen molar-refractivity contribution in [1.82, 2.24) is 0 Å². The maximum Gasteiger partial charge on any atom is 0.0726 e. The van der Waals surface area contributed by atoms with Crippen molar-refractivity contribution in [3.63, 3.8) is 0 Å². The zero-order valence-electron chi connectivity index (χ0n) is 36.1. The molecule has 0 amide bonds. The van der Waals surface area contributed by atoms with Crippen LogP contribution in [0.1, 0.15) is 22.3 Å². The monoisotopic (exact) mass is 835 g/mol. The third-order valence-electron chi connectivity index (χ3n) is 14.6. The van der Waals surface area contributed by atoms with E-state index in [1.165, 1.54) is 110 Å². The highest BCUT2D eigenvalue weighted by molar-refractivity contribution is 6.14. The second-order valence-corrected chi connectivity index (χ2v) is 17.9. The number of benzene rings is 12. The average Bonchev–Trinajstić information content (AvgIpc) is 3.39. The molecule has 1 heteroatoms. The van der Waals surface area contributed by atoms with E-state index < -0.39 is 5.41 Å². The van der Waals surface area contributed by atoms with Crippen molar-refractivity contribution >= 4 is 60.2 Å². The van der Waals surface area contributed by atoms with Gasteiger partial charge < -0.3 is 4.90 Å². The second kappa shape index (κ2) is 14.2. The van der Waals surface area contributed by atoms with E-state index in [1.807, 2.05) is 0 Å². The molecule has 1 atom stereocenters. The first-order valence-electron chi connectivity index (χ1n) is 23.0. The fourth-order valence-electron chi connectivity index (χ4n) is 11.8. The summed E-state index contributed by atoms with van der Waals surface area (Å²) in [5, 5.41) is 10.0. The lowest BCUT2D eigenvalue weighted by Crippen LogP contribution is -2.36. The van der Waals surface area contributed by atoms with Gasteiger partial charge in [0.25, 0.3) is 0 Å². The van der Waals surface area contributed by atoms with Gasteiger partial charge >= 0.3 is 0 Å².